The standard InChI is InChI=1S/C20H25N3O3/c1-3-4-12-26-18-11-6-5-10-17(18)22-14-19(24)23-16-9-7-8-15(13-16)20(25)21-2/h5-11,13,22H,3-4,12,14H2,1-2H3,(H,21,25)(H,23,24). The van der Waals surface area contributed by atoms with Crippen molar-refractivity contribution in [3.05, 3.63) is 54.1 Å². The van der Waals surface area contributed by atoms with Gasteiger partial charge in [-0.2, -0.15) is 0 Å². The van der Waals surface area contributed by atoms with Crippen LogP contribution in [0.2, 0.25) is 0 Å². The van der Waals surface area contributed by atoms with Crippen molar-refractivity contribution in [3.63, 3.8) is 0 Å². The van der Waals surface area contributed by atoms with Crippen molar-refractivity contribution in [3.8, 4) is 5.75 Å². The summed E-state index contributed by atoms with van der Waals surface area (Å²) in [6.45, 7) is 2.85. The molecule has 0 aromatic heterocycles. The zero-order valence-electron chi connectivity index (χ0n) is 15.2. The lowest BCUT2D eigenvalue weighted by atomic mass is 10.2. The predicted molar refractivity (Wildman–Crippen MR) is 104 cm³/mol. The first-order chi connectivity index (χ1) is 12.6. The average molecular weight is 355 g/mol. The molecule has 0 unspecified atom stereocenters. The summed E-state index contributed by atoms with van der Waals surface area (Å²) in [5.41, 5.74) is 1.84. The summed E-state index contributed by atoms with van der Waals surface area (Å²) in [6, 6.07) is 14.3. The molecule has 0 atom stereocenters. The van der Waals surface area contributed by atoms with Crippen LogP contribution in [0.25, 0.3) is 0 Å². The molecule has 0 saturated heterocycles. The highest BCUT2D eigenvalue weighted by molar-refractivity contribution is 5.98. The van der Waals surface area contributed by atoms with Gasteiger partial charge in [-0.3, -0.25) is 9.59 Å². The smallest absolute Gasteiger partial charge is 0.251 e. The van der Waals surface area contributed by atoms with Crippen LogP contribution in [0.1, 0.15) is 30.1 Å². The second-order valence-electron chi connectivity index (χ2n) is 5.76. The minimum atomic E-state index is -0.206. The molecule has 3 N–H and O–H groups in total. The Kier molecular flexibility index (Phi) is 7.49. The van der Waals surface area contributed by atoms with Crippen molar-refractivity contribution < 1.29 is 14.3 Å². The zero-order chi connectivity index (χ0) is 18.8. The number of benzene rings is 2. The maximum absolute atomic E-state index is 12.2. The molecule has 0 aliphatic carbocycles. The van der Waals surface area contributed by atoms with Crippen molar-refractivity contribution in [2.24, 2.45) is 0 Å². The molecule has 26 heavy (non-hydrogen) atoms. The van der Waals surface area contributed by atoms with Crippen molar-refractivity contribution in [2.75, 3.05) is 30.8 Å². The number of hydrogen-bond acceptors (Lipinski definition) is 4. The first-order valence-electron chi connectivity index (χ1n) is 8.71. The summed E-state index contributed by atoms with van der Waals surface area (Å²) in [7, 11) is 1.57. The highest BCUT2D eigenvalue weighted by Crippen LogP contribution is 2.23. The summed E-state index contributed by atoms with van der Waals surface area (Å²) in [4.78, 5) is 23.9. The quantitative estimate of drug-likeness (QED) is 0.603. The molecule has 0 saturated carbocycles. The first kappa shape index (κ1) is 19.3. The van der Waals surface area contributed by atoms with E-state index in [-0.39, 0.29) is 18.4 Å². The lowest BCUT2D eigenvalue weighted by molar-refractivity contribution is -0.114. The number of unbranched alkanes of at least 4 members (excludes halogenated alkanes) is 1. The monoisotopic (exact) mass is 355 g/mol. The van der Waals surface area contributed by atoms with E-state index < -0.39 is 0 Å². The molecule has 0 aliphatic rings. The van der Waals surface area contributed by atoms with E-state index in [0.29, 0.717) is 17.9 Å². The number of para-hydroxylation sites is 2. The summed E-state index contributed by atoms with van der Waals surface area (Å²) < 4.78 is 5.74. The van der Waals surface area contributed by atoms with Gasteiger partial charge in [-0.15, -0.1) is 0 Å². The Labute approximate surface area is 153 Å². The normalized spacial score (nSPS) is 10.1. The molecule has 0 fully saturated rings. The van der Waals surface area contributed by atoms with Gasteiger partial charge in [0.25, 0.3) is 5.91 Å². The maximum Gasteiger partial charge on any atom is 0.251 e. The van der Waals surface area contributed by atoms with Crippen molar-refractivity contribution in [1.82, 2.24) is 5.32 Å². The molecule has 2 aromatic carbocycles. The Bertz CT molecular complexity index is 747. The van der Waals surface area contributed by atoms with E-state index >= 15 is 0 Å². The van der Waals surface area contributed by atoms with Gasteiger partial charge in [-0.25, -0.2) is 0 Å². The van der Waals surface area contributed by atoms with Gasteiger partial charge < -0.3 is 20.7 Å². The molecule has 2 rings (SSSR count). The van der Waals surface area contributed by atoms with Gasteiger partial charge in [0.15, 0.2) is 0 Å². The third-order valence-corrected chi connectivity index (χ3v) is 3.72. The van der Waals surface area contributed by atoms with Gasteiger partial charge in [0, 0.05) is 18.3 Å². The van der Waals surface area contributed by atoms with Crippen LogP contribution in [0, 0.1) is 0 Å². The predicted octanol–water partition coefficient (Wildman–Crippen LogP) is 3.28. The van der Waals surface area contributed by atoms with Crippen LogP contribution < -0.4 is 20.7 Å². The largest absolute Gasteiger partial charge is 0.491 e. The lowest BCUT2D eigenvalue weighted by Crippen LogP contribution is -2.22. The zero-order valence-corrected chi connectivity index (χ0v) is 15.2. The third kappa shape index (κ3) is 5.81. The molecule has 0 aliphatic heterocycles. The molecule has 0 heterocycles. The summed E-state index contributed by atoms with van der Waals surface area (Å²) in [5.74, 6) is 0.329. The highest BCUT2D eigenvalue weighted by atomic mass is 16.5. The fourth-order valence-corrected chi connectivity index (χ4v) is 2.33. The number of carbonyl (C=O) groups excluding carboxylic acids is 2. The number of carbonyl (C=O) groups is 2. The van der Waals surface area contributed by atoms with E-state index in [0.717, 1.165) is 24.3 Å². The molecule has 0 spiro atoms. The van der Waals surface area contributed by atoms with Crippen LogP contribution in [0.3, 0.4) is 0 Å². The van der Waals surface area contributed by atoms with Crippen molar-refractivity contribution in [2.45, 2.75) is 19.8 Å². The van der Waals surface area contributed by atoms with Crippen LogP contribution >= 0.6 is 0 Å². The second-order valence-corrected chi connectivity index (χ2v) is 5.76. The third-order valence-electron chi connectivity index (χ3n) is 3.72. The van der Waals surface area contributed by atoms with Gasteiger partial charge in [0.1, 0.15) is 5.75 Å². The lowest BCUT2D eigenvalue weighted by Gasteiger charge is -2.13. The average Bonchev–Trinajstić information content (AvgIpc) is 2.67. The van der Waals surface area contributed by atoms with Crippen LogP contribution in [-0.4, -0.2) is 32.0 Å². The van der Waals surface area contributed by atoms with Crippen LogP contribution in [-0.2, 0) is 4.79 Å². The van der Waals surface area contributed by atoms with E-state index in [4.69, 9.17) is 4.74 Å². The number of rotatable bonds is 9. The maximum atomic E-state index is 12.2. The van der Waals surface area contributed by atoms with Gasteiger partial charge in [-0.05, 0) is 36.8 Å². The Balaban J connectivity index is 1.92. The van der Waals surface area contributed by atoms with Gasteiger partial charge in [-0.1, -0.05) is 31.5 Å². The topological polar surface area (TPSA) is 79.5 Å². The molecule has 0 bridgehead atoms. The SMILES string of the molecule is CCCCOc1ccccc1NCC(=O)Nc1cccc(C(=O)NC)c1. The van der Waals surface area contributed by atoms with Gasteiger partial charge in [0.05, 0.1) is 18.8 Å². The Hall–Kier alpha value is -3.02. The number of anilines is 2. The molecule has 138 valence electrons. The van der Waals surface area contributed by atoms with Gasteiger partial charge >= 0.3 is 0 Å². The number of nitrogens with one attached hydrogen (secondary N) is 3. The number of ether oxygens (including phenoxy) is 1. The summed E-state index contributed by atoms with van der Waals surface area (Å²) in [5, 5.41) is 8.43. The molecule has 0 radical (unpaired) electrons. The van der Waals surface area contributed by atoms with Crippen LogP contribution in [0.15, 0.2) is 48.5 Å². The van der Waals surface area contributed by atoms with Crippen LogP contribution in [0.5, 0.6) is 5.75 Å². The summed E-state index contributed by atoms with van der Waals surface area (Å²) in [6.07, 6.45) is 2.05. The van der Waals surface area contributed by atoms with Crippen molar-refractivity contribution in [1.29, 1.82) is 0 Å². The Morgan fingerprint density at radius 1 is 1.08 bits per heavy atom. The fraction of sp³-hybridized carbons (Fsp3) is 0.300. The molecule has 6 heteroatoms. The van der Waals surface area contributed by atoms with E-state index in [9.17, 15) is 9.59 Å². The van der Waals surface area contributed by atoms with E-state index in [1.807, 2.05) is 24.3 Å². The van der Waals surface area contributed by atoms with E-state index in [1.54, 1.807) is 31.3 Å². The highest BCUT2D eigenvalue weighted by Gasteiger charge is 2.08. The molecule has 2 amide bonds. The van der Waals surface area contributed by atoms with Crippen LogP contribution in [0.4, 0.5) is 11.4 Å². The molecule has 6 nitrogen and oxygen atoms in total. The molecular formula is C20H25N3O3. The second kappa shape index (κ2) is 10.1. The Morgan fingerprint density at radius 2 is 1.88 bits per heavy atom. The minimum absolute atomic E-state index is 0.0956. The van der Waals surface area contributed by atoms with E-state index in [2.05, 4.69) is 22.9 Å². The number of amides is 2. The Morgan fingerprint density at radius 3 is 2.65 bits per heavy atom. The first-order valence-corrected chi connectivity index (χ1v) is 8.71. The fourth-order valence-electron chi connectivity index (χ4n) is 2.33. The summed E-state index contributed by atoms with van der Waals surface area (Å²) >= 11 is 0. The van der Waals surface area contributed by atoms with E-state index in [1.165, 1.54) is 0 Å². The number of hydrogen-bond donors (Lipinski definition) is 3. The molecule has 2 aromatic rings. The van der Waals surface area contributed by atoms with Crippen molar-refractivity contribution >= 4 is 23.2 Å². The minimum Gasteiger partial charge on any atom is -0.491 e. The van der Waals surface area contributed by atoms with Gasteiger partial charge in [0.2, 0.25) is 5.91 Å². The molecular weight excluding hydrogens is 330 g/mol.